The first-order valence-corrected chi connectivity index (χ1v) is 25.3. The molecule has 0 unspecified atom stereocenters. The summed E-state index contributed by atoms with van der Waals surface area (Å²) in [5, 5.41) is 1.85. The average molecular weight is 1140 g/mol. The Morgan fingerprint density at radius 3 is 1.81 bits per heavy atom. The second kappa shape index (κ2) is 21.8. The molecule has 369 valence electrons. The normalized spacial score (nSPS) is 12.2. The SMILES string of the molecule is [2H]C([2H])([2H])c1c[c-]c(-c2nc3ccccc3n2-c2c(C(C)C)cccc2C(C)C)cc1.[C-]#[N+]c1[c-]c(-c2cc(-c3c(C(C)C)cccc3C(C)C)ccn2)c2oc3c(-c4ccccc4)cc(-c4ccccc4)cc3c2c1.[Ir]. The monoisotopic (exact) mass is 1140 g/mol. The molecule has 11 rings (SSSR count). The van der Waals surface area contributed by atoms with Gasteiger partial charge in [0, 0.05) is 52.6 Å². The van der Waals surface area contributed by atoms with Gasteiger partial charge in [-0.25, -0.2) is 0 Å². The molecule has 6 heteroatoms. The molecule has 0 saturated heterocycles. The van der Waals surface area contributed by atoms with E-state index in [2.05, 4.69) is 180 Å². The van der Waals surface area contributed by atoms with Crippen molar-refractivity contribution in [3.63, 3.8) is 0 Å². The molecule has 0 spiro atoms. The molecule has 0 bridgehead atoms. The van der Waals surface area contributed by atoms with Crippen LogP contribution < -0.4 is 0 Å². The molecule has 3 aromatic heterocycles. The van der Waals surface area contributed by atoms with E-state index in [1.807, 2.05) is 60.8 Å². The Morgan fingerprint density at radius 1 is 0.595 bits per heavy atom. The van der Waals surface area contributed by atoms with Gasteiger partial charge < -0.3 is 14.0 Å². The zero-order valence-corrected chi connectivity index (χ0v) is 45.5. The van der Waals surface area contributed by atoms with Crippen LogP contribution in [0.2, 0.25) is 0 Å². The van der Waals surface area contributed by atoms with Gasteiger partial charge in [0.15, 0.2) is 0 Å². The Kier molecular flexibility index (Phi) is 13.9. The van der Waals surface area contributed by atoms with Crippen molar-refractivity contribution in [2.45, 2.75) is 85.9 Å². The zero-order chi connectivity index (χ0) is 53.4. The van der Waals surface area contributed by atoms with Crippen molar-refractivity contribution in [2.24, 2.45) is 0 Å². The summed E-state index contributed by atoms with van der Waals surface area (Å²) >= 11 is 0. The van der Waals surface area contributed by atoms with Crippen molar-refractivity contribution in [1.29, 1.82) is 0 Å². The van der Waals surface area contributed by atoms with Gasteiger partial charge in [0.25, 0.3) is 0 Å². The molecule has 5 nitrogen and oxygen atoms in total. The molecule has 0 saturated carbocycles. The van der Waals surface area contributed by atoms with E-state index in [4.69, 9.17) is 25.1 Å². The maximum absolute atomic E-state index is 7.96. The molecule has 1 radical (unpaired) electrons. The van der Waals surface area contributed by atoms with Crippen molar-refractivity contribution < 1.29 is 28.6 Å². The van der Waals surface area contributed by atoms with Gasteiger partial charge in [-0.2, -0.15) is 0 Å². The zero-order valence-electron chi connectivity index (χ0n) is 46.1. The summed E-state index contributed by atoms with van der Waals surface area (Å²) in [6.45, 7) is 23.6. The second-order valence-corrected chi connectivity index (χ2v) is 20.0. The Morgan fingerprint density at radius 2 is 1.20 bits per heavy atom. The molecule has 0 amide bonds. The van der Waals surface area contributed by atoms with Gasteiger partial charge in [0.05, 0.1) is 23.4 Å². The van der Waals surface area contributed by atoms with E-state index < -0.39 is 6.85 Å². The van der Waals surface area contributed by atoms with Crippen molar-refractivity contribution in [1.82, 2.24) is 14.5 Å². The molecule has 0 N–H and O–H groups in total. The van der Waals surface area contributed by atoms with Crippen LogP contribution in [0, 0.1) is 25.6 Å². The van der Waals surface area contributed by atoms with Crippen LogP contribution in [0.15, 0.2) is 180 Å². The van der Waals surface area contributed by atoms with Crippen LogP contribution in [-0.2, 0) is 20.1 Å². The number of furan rings is 1. The van der Waals surface area contributed by atoms with Gasteiger partial charge in [-0.05, 0) is 110 Å². The Balaban J connectivity index is 0.000000198. The summed E-state index contributed by atoms with van der Waals surface area (Å²) in [6.07, 6.45) is 1.86. The minimum absolute atomic E-state index is 0. The number of para-hydroxylation sites is 3. The van der Waals surface area contributed by atoms with Crippen molar-refractivity contribution in [2.75, 3.05) is 0 Å². The number of fused-ring (bicyclic) bond motifs is 4. The van der Waals surface area contributed by atoms with E-state index in [0.29, 0.717) is 40.5 Å². The van der Waals surface area contributed by atoms with E-state index in [0.717, 1.165) is 78.0 Å². The quantitative estimate of drug-likeness (QED) is 0.128. The molecule has 8 aromatic carbocycles. The standard InChI is InChI=1S/C42H33N2O.C26H27N2.Ir/c1-26(2)33-17-12-18-34(27(3)4)40(33)30-19-20-44-39(23-30)38-25-32(43-5)24-37-36-22-31(28-13-8-6-9-14-28)21-35(41(36)45-42(37)38)29-15-10-7-11-16-29;1-17(2)21-9-8-10-22(18(3)4)25(21)28-24-12-7-6-11-23(24)27-26(28)20-15-13-19(5)14-16-20;/h6-24,26-27H,1-4H3;6-15,17-18H,1-5H3;/q2*-1;/i;5D3;. The number of imidazole rings is 1. The first-order valence-electron chi connectivity index (χ1n) is 26.8. The molecule has 0 aliphatic carbocycles. The van der Waals surface area contributed by atoms with Crippen LogP contribution in [-0.4, -0.2) is 14.5 Å². The third-order valence-electron chi connectivity index (χ3n) is 13.8. The van der Waals surface area contributed by atoms with Gasteiger partial charge in [-0.3, -0.25) is 9.83 Å². The van der Waals surface area contributed by atoms with Gasteiger partial charge >= 0.3 is 0 Å². The van der Waals surface area contributed by atoms with Crippen LogP contribution in [0.5, 0.6) is 0 Å². The molecule has 11 aromatic rings. The summed E-state index contributed by atoms with van der Waals surface area (Å²) in [6, 6.07) is 64.0. The van der Waals surface area contributed by atoms with E-state index in [1.54, 1.807) is 12.1 Å². The number of hydrogen-bond donors (Lipinski definition) is 0. The van der Waals surface area contributed by atoms with Crippen LogP contribution >= 0.6 is 0 Å². The van der Waals surface area contributed by atoms with Gasteiger partial charge in [0.2, 0.25) is 0 Å². The summed E-state index contributed by atoms with van der Waals surface area (Å²) < 4.78 is 32.0. The number of pyridine rings is 1. The summed E-state index contributed by atoms with van der Waals surface area (Å²) in [5.74, 6) is 2.18. The van der Waals surface area contributed by atoms with E-state index in [1.165, 1.54) is 27.8 Å². The number of aryl methyl sites for hydroxylation is 1. The van der Waals surface area contributed by atoms with Crippen molar-refractivity contribution in [3.8, 4) is 61.7 Å². The molecular formula is C68H60IrN4O-2. The molecule has 0 aliphatic heterocycles. The maximum atomic E-state index is 7.96. The Labute approximate surface area is 454 Å². The number of aromatic nitrogens is 3. The number of benzene rings is 8. The first-order chi connectivity index (χ1) is 36.6. The van der Waals surface area contributed by atoms with Crippen LogP contribution in [0.4, 0.5) is 5.69 Å². The van der Waals surface area contributed by atoms with Gasteiger partial charge in [-0.1, -0.05) is 188 Å². The third kappa shape index (κ3) is 9.91. The minimum atomic E-state index is -2.15. The summed E-state index contributed by atoms with van der Waals surface area (Å²) in [4.78, 5) is 13.6. The van der Waals surface area contributed by atoms with Crippen LogP contribution in [0.1, 0.15) is 111 Å². The van der Waals surface area contributed by atoms with E-state index >= 15 is 0 Å². The van der Waals surface area contributed by atoms with Crippen molar-refractivity contribution >= 4 is 38.7 Å². The smallest absolute Gasteiger partial charge is 0.128 e. The Bertz CT molecular complexity index is 3890. The first kappa shape index (κ1) is 47.3. The fourth-order valence-electron chi connectivity index (χ4n) is 10.1. The van der Waals surface area contributed by atoms with Gasteiger partial charge in [-0.15, -0.1) is 47.5 Å². The average Bonchev–Trinajstić information content (AvgIpc) is 4.12. The largest absolute Gasteiger partial charge is 0.500 e. The summed E-state index contributed by atoms with van der Waals surface area (Å²) in [5.41, 5.74) is 19.3. The van der Waals surface area contributed by atoms with Crippen LogP contribution in [0.25, 0.3) is 99.5 Å². The maximum Gasteiger partial charge on any atom is 0.128 e. The number of rotatable bonds is 10. The molecule has 74 heavy (non-hydrogen) atoms. The fourth-order valence-corrected chi connectivity index (χ4v) is 10.1. The van der Waals surface area contributed by atoms with Crippen molar-refractivity contribution in [3.05, 3.63) is 227 Å². The van der Waals surface area contributed by atoms with E-state index in [-0.39, 0.29) is 25.7 Å². The topological polar surface area (TPSA) is 48.2 Å². The molecule has 0 aliphatic rings. The second-order valence-electron chi connectivity index (χ2n) is 20.0. The third-order valence-corrected chi connectivity index (χ3v) is 13.8. The number of nitrogens with zero attached hydrogens (tertiary/aromatic N) is 4. The predicted octanol–water partition coefficient (Wildman–Crippen LogP) is 19.3. The molecular weight excluding hydrogens is 1080 g/mol. The Hall–Kier alpha value is -7.68. The fraction of sp³-hybridized carbons (Fsp3) is 0.191. The molecule has 0 atom stereocenters. The van der Waals surface area contributed by atoms with Crippen LogP contribution in [0.3, 0.4) is 0 Å². The molecule has 3 heterocycles. The van der Waals surface area contributed by atoms with Gasteiger partial charge in [0.1, 0.15) is 11.3 Å². The predicted molar refractivity (Wildman–Crippen MR) is 305 cm³/mol. The molecule has 0 fully saturated rings. The summed E-state index contributed by atoms with van der Waals surface area (Å²) in [7, 11) is 0. The minimum Gasteiger partial charge on any atom is -0.500 e. The number of hydrogen-bond acceptors (Lipinski definition) is 3. The van der Waals surface area contributed by atoms with E-state index in [9.17, 15) is 0 Å².